The minimum Gasteiger partial charge on any atom is -0.447 e. The van der Waals surface area contributed by atoms with Gasteiger partial charge in [0.2, 0.25) is 0 Å². The first-order valence-corrected chi connectivity index (χ1v) is 6.98. The Kier molecular flexibility index (Phi) is 3.54. The molecule has 0 aliphatic rings. The number of halogens is 1. The number of fused-ring (bicyclic) bond motifs is 1. The molecular weight excluding hydrogens is 280 g/mol. The molecule has 0 amide bonds. The quantitative estimate of drug-likeness (QED) is 0.711. The zero-order chi connectivity index (χ0) is 15.9. The van der Waals surface area contributed by atoms with Gasteiger partial charge in [-0.2, -0.15) is 5.10 Å². The largest absolute Gasteiger partial charge is 0.447 e. The number of rotatable bonds is 2. The first-order valence-electron chi connectivity index (χ1n) is 6.98. The Morgan fingerprint density at radius 3 is 2.59 bits per heavy atom. The van der Waals surface area contributed by atoms with Gasteiger partial charge in [-0.05, 0) is 36.1 Å². The molecular formula is C16H15BFN3O. The third-order valence-corrected chi connectivity index (χ3v) is 3.78. The summed E-state index contributed by atoms with van der Waals surface area (Å²) >= 11 is 0. The number of hydrogen-bond donors (Lipinski definition) is 2. The third kappa shape index (κ3) is 2.42. The first-order chi connectivity index (χ1) is 10.5. The Bertz CT molecular complexity index is 867. The van der Waals surface area contributed by atoms with E-state index >= 15 is 0 Å². The van der Waals surface area contributed by atoms with Crippen LogP contribution in [0, 0.1) is 12.7 Å². The van der Waals surface area contributed by atoms with Crippen LogP contribution in [-0.2, 0) is 0 Å². The van der Waals surface area contributed by atoms with E-state index in [0.717, 1.165) is 16.5 Å². The van der Waals surface area contributed by atoms with Gasteiger partial charge in [0.05, 0.1) is 5.69 Å². The number of nitrogens with two attached hydrogens (primary N) is 1. The molecule has 0 aliphatic heterocycles. The monoisotopic (exact) mass is 295 g/mol. The number of nitrogens with zero attached hydrogens (tertiary/aromatic N) is 2. The van der Waals surface area contributed by atoms with E-state index in [1.807, 2.05) is 19.1 Å². The molecule has 3 N–H and O–H groups in total. The van der Waals surface area contributed by atoms with Gasteiger partial charge >= 0.3 is 6.92 Å². The number of benzene rings is 2. The van der Waals surface area contributed by atoms with Crippen LogP contribution in [0.5, 0.6) is 0 Å². The SMILES string of the molecule is CB(O)c1ccc(F)c(-c2ccc3c(N)nnc(C)c3c2)c1. The molecule has 0 radical (unpaired) electrons. The minimum absolute atomic E-state index is 0.337. The lowest BCUT2D eigenvalue weighted by Crippen LogP contribution is -2.26. The van der Waals surface area contributed by atoms with E-state index in [0.29, 0.717) is 22.4 Å². The average molecular weight is 295 g/mol. The summed E-state index contributed by atoms with van der Waals surface area (Å²) in [4.78, 5) is 0. The van der Waals surface area contributed by atoms with Crippen molar-refractivity contribution in [1.29, 1.82) is 0 Å². The normalized spacial score (nSPS) is 10.9. The van der Waals surface area contributed by atoms with Gasteiger partial charge in [-0.15, -0.1) is 5.10 Å². The van der Waals surface area contributed by atoms with E-state index < -0.39 is 6.92 Å². The average Bonchev–Trinajstić information content (AvgIpc) is 2.51. The minimum atomic E-state index is -0.650. The molecule has 1 heterocycles. The number of hydrogen-bond acceptors (Lipinski definition) is 4. The fourth-order valence-corrected chi connectivity index (χ4v) is 2.50. The molecule has 0 bridgehead atoms. The molecule has 2 aromatic carbocycles. The summed E-state index contributed by atoms with van der Waals surface area (Å²) in [5.74, 6) is 0.0155. The molecule has 6 heteroatoms. The van der Waals surface area contributed by atoms with Crippen molar-refractivity contribution in [2.45, 2.75) is 13.7 Å². The fourth-order valence-electron chi connectivity index (χ4n) is 2.50. The van der Waals surface area contributed by atoms with E-state index in [-0.39, 0.29) is 5.82 Å². The molecule has 3 aromatic rings. The lowest BCUT2D eigenvalue weighted by molar-refractivity contribution is 0.593. The van der Waals surface area contributed by atoms with Gasteiger partial charge in [0, 0.05) is 16.3 Å². The van der Waals surface area contributed by atoms with E-state index in [1.165, 1.54) is 6.07 Å². The van der Waals surface area contributed by atoms with Crippen molar-refractivity contribution in [3.8, 4) is 11.1 Å². The van der Waals surface area contributed by atoms with Crippen LogP contribution in [0.4, 0.5) is 10.2 Å². The highest BCUT2D eigenvalue weighted by Gasteiger charge is 2.13. The lowest BCUT2D eigenvalue weighted by Gasteiger charge is -2.10. The number of aryl methyl sites for hydroxylation is 1. The molecule has 3 rings (SSSR count). The second-order valence-corrected chi connectivity index (χ2v) is 5.35. The Hall–Kier alpha value is -2.47. The van der Waals surface area contributed by atoms with Crippen molar-refractivity contribution in [2.75, 3.05) is 5.73 Å². The van der Waals surface area contributed by atoms with Crippen molar-refractivity contribution in [1.82, 2.24) is 10.2 Å². The van der Waals surface area contributed by atoms with E-state index in [2.05, 4.69) is 10.2 Å². The molecule has 110 valence electrons. The first kappa shape index (κ1) is 14.5. The number of anilines is 1. The van der Waals surface area contributed by atoms with Gasteiger partial charge in [-0.1, -0.05) is 25.0 Å². The highest BCUT2D eigenvalue weighted by atomic mass is 19.1. The Morgan fingerprint density at radius 1 is 1.09 bits per heavy atom. The van der Waals surface area contributed by atoms with E-state index in [4.69, 9.17) is 5.73 Å². The Balaban J connectivity index is 2.23. The smallest absolute Gasteiger partial charge is 0.320 e. The molecule has 0 unspecified atom stereocenters. The van der Waals surface area contributed by atoms with E-state index in [1.54, 1.807) is 25.0 Å². The van der Waals surface area contributed by atoms with Gasteiger partial charge in [-0.25, -0.2) is 4.39 Å². The fraction of sp³-hybridized carbons (Fsp3) is 0.125. The maximum Gasteiger partial charge on any atom is 0.320 e. The summed E-state index contributed by atoms with van der Waals surface area (Å²) < 4.78 is 14.2. The van der Waals surface area contributed by atoms with Gasteiger partial charge in [0.1, 0.15) is 5.82 Å². The van der Waals surface area contributed by atoms with Crippen molar-refractivity contribution < 1.29 is 9.41 Å². The predicted molar refractivity (Wildman–Crippen MR) is 87.6 cm³/mol. The summed E-state index contributed by atoms with van der Waals surface area (Å²) in [6.07, 6.45) is 0. The van der Waals surface area contributed by atoms with Crippen LogP contribution in [0.25, 0.3) is 21.9 Å². The summed E-state index contributed by atoms with van der Waals surface area (Å²) in [5.41, 5.74) is 8.38. The molecule has 0 aliphatic carbocycles. The van der Waals surface area contributed by atoms with Gasteiger partial charge in [-0.3, -0.25) is 0 Å². The van der Waals surface area contributed by atoms with Crippen LogP contribution >= 0.6 is 0 Å². The predicted octanol–water partition coefficient (Wildman–Crippen LogP) is 2.15. The van der Waals surface area contributed by atoms with Crippen molar-refractivity contribution in [3.05, 3.63) is 47.9 Å². The van der Waals surface area contributed by atoms with Gasteiger partial charge in [0.25, 0.3) is 0 Å². The highest BCUT2D eigenvalue weighted by Crippen LogP contribution is 2.28. The molecule has 0 saturated heterocycles. The van der Waals surface area contributed by atoms with Crippen LogP contribution in [0.1, 0.15) is 5.69 Å². The van der Waals surface area contributed by atoms with Crippen molar-refractivity contribution >= 4 is 29.0 Å². The van der Waals surface area contributed by atoms with Crippen LogP contribution in [0.15, 0.2) is 36.4 Å². The maximum absolute atomic E-state index is 14.2. The van der Waals surface area contributed by atoms with Crippen LogP contribution < -0.4 is 11.2 Å². The topological polar surface area (TPSA) is 72.0 Å². The molecule has 0 fully saturated rings. The number of nitrogen functional groups attached to an aromatic ring is 1. The van der Waals surface area contributed by atoms with Gasteiger partial charge in [0.15, 0.2) is 5.82 Å². The lowest BCUT2D eigenvalue weighted by atomic mass is 9.64. The van der Waals surface area contributed by atoms with Crippen molar-refractivity contribution in [2.24, 2.45) is 0 Å². The van der Waals surface area contributed by atoms with E-state index in [9.17, 15) is 9.41 Å². The molecule has 0 spiro atoms. The zero-order valence-corrected chi connectivity index (χ0v) is 12.3. The van der Waals surface area contributed by atoms with Crippen LogP contribution in [0.2, 0.25) is 6.82 Å². The molecule has 0 saturated carbocycles. The molecule has 1 aromatic heterocycles. The zero-order valence-electron chi connectivity index (χ0n) is 12.3. The molecule has 0 atom stereocenters. The summed E-state index contributed by atoms with van der Waals surface area (Å²) in [5, 5.41) is 19.2. The standard InChI is InChI=1S/C16H15BFN3O/c1-9-13-7-10(3-5-12(13)16(19)21-20-9)14-8-11(17(2)22)4-6-15(14)18/h3-8,22H,1-2H3,(H2,19,21). The second-order valence-electron chi connectivity index (χ2n) is 5.35. The Morgan fingerprint density at radius 2 is 1.86 bits per heavy atom. The summed E-state index contributed by atoms with van der Waals surface area (Å²) in [6, 6.07) is 10.1. The maximum atomic E-state index is 14.2. The van der Waals surface area contributed by atoms with Gasteiger partial charge < -0.3 is 10.8 Å². The van der Waals surface area contributed by atoms with Crippen LogP contribution in [0.3, 0.4) is 0 Å². The van der Waals surface area contributed by atoms with Crippen molar-refractivity contribution in [3.63, 3.8) is 0 Å². The summed E-state index contributed by atoms with van der Waals surface area (Å²) in [7, 11) is 0. The third-order valence-electron chi connectivity index (χ3n) is 3.78. The Labute approximate surface area is 127 Å². The number of aromatic nitrogens is 2. The highest BCUT2D eigenvalue weighted by molar-refractivity contribution is 6.64. The molecule has 4 nitrogen and oxygen atoms in total. The second kappa shape index (κ2) is 5.38. The molecule has 22 heavy (non-hydrogen) atoms. The summed E-state index contributed by atoms with van der Waals surface area (Å²) in [6.45, 7) is 2.84. The van der Waals surface area contributed by atoms with Crippen LogP contribution in [-0.4, -0.2) is 22.1 Å².